The van der Waals surface area contributed by atoms with Crippen LogP contribution in [0.5, 0.6) is 0 Å². The van der Waals surface area contributed by atoms with E-state index in [1.807, 2.05) is 0 Å². The van der Waals surface area contributed by atoms with Gasteiger partial charge in [0, 0.05) is 5.75 Å². The number of nitrogens with one attached hydrogen (secondary N) is 1. The van der Waals surface area contributed by atoms with Crippen molar-refractivity contribution in [1.82, 2.24) is 5.32 Å². The summed E-state index contributed by atoms with van der Waals surface area (Å²) in [4.78, 5) is 72.5. The van der Waals surface area contributed by atoms with Crippen molar-refractivity contribution in [3.63, 3.8) is 0 Å². The molecule has 1 N–H and O–H groups in total. The van der Waals surface area contributed by atoms with Gasteiger partial charge in [-0.3, -0.25) is 4.79 Å². The molecule has 0 bridgehead atoms. The van der Waals surface area contributed by atoms with Gasteiger partial charge in [-0.25, -0.2) is 24.0 Å². The topological polar surface area (TPSA) is 195 Å². The minimum Gasteiger partial charge on any atom is -0.458 e. The van der Waals surface area contributed by atoms with E-state index in [-0.39, 0.29) is 42.0 Å². The summed E-state index contributed by atoms with van der Waals surface area (Å²) in [6, 6.07) is -1.29. The lowest BCUT2D eigenvalue weighted by Gasteiger charge is -2.27. The van der Waals surface area contributed by atoms with Crippen LogP contribution in [0.3, 0.4) is 0 Å². The number of ether oxygens (including phenoxy) is 3. The van der Waals surface area contributed by atoms with E-state index in [9.17, 15) is 28.8 Å². The Morgan fingerprint density at radius 3 is 1.74 bits per heavy atom. The number of carbonyl (C=O) groups excluding carboxylic acids is 4. The molecule has 39 heavy (non-hydrogen) atoms. The lowest BCUT2D eigenvalue weighted by atomic mass is 10.1. The minimum absolute atomic E-state index is 0.0233. The lowest BCUT2D eigenvalue weighted by molar-refractivity contribution is -0.158. The number of amides is 1. The zero-order valence-corrected chi connectivity index (χ0v) is 24.0. The van der Waals surface area contributed by atoms with Crippen molar-refractivity contribution < 1.29 is 51.1 Å². The van der Waals surface area contributed by atoms with Crippen LogP contribution < -0.4 is 17.0 Å². The number of rotatable bonds is 10. The molecular weight excluding hydrogens is 562 g/mol. The highest BCUT2D eigenvalue weighted by molar-refractivity contribution is 8.15. The van der Waals surface area contributed by atoms with Crippen LogP contribution in [0.1, 0.15) is 57.7 Å². The van der Waals surface area contributed by atoms with Crippen LogP contribution in [0.15, 0.2) is 27.3 Å². The highest BCUT2D eigenvalue weighted by atomic mass is 32.2. The molecule has 0 spiro atoms. The molecule has 14 nitrogen and oxygen atoms in total. The second kappa shape index (κ2) is 13.1. The van der Waals surface area contributed by atoms with Crippen LogP contribution in [0, 0.1) is 13.8 Å². The summed E-state index contributed by atoms with van der Waals surface area (Å²) >= 11 is 1.10. The molecule has 0 saturated heterocycles. The molecule has 1 amide bonds. The van der Waals surface area contributed by atoms with Gasteiger partial charge in [-0.05, 0) is 72.0 Å². The normalized spacial score (nSPS) is 12.5. The second-order valence-electron chi connectivity index (χ2n) is 9.43. The maximum Gasteiger partial charge on any atom is 0.519 e. The van der Waals surface area contributed by atoms with Crippen LogP contribution in [-0.4, -0.2) is 44.6 Å². The Bertz CT molecular complexity index is 1310. The van der Waals surface area contributed by atoms with E-state index >= 15 is 0 Å². The van der Waals surface area contributed by atoms with E-state index in [4.69, 9.17) is 23.0 Å². The van der Waals surface area contributed by atoms with Crippen LogP contribution in [-0.2, 0) is 37.0 Å². The molecule has 1 atom stereocenters. The van der Waals surface area contributed by atoms with Gasteiger partial charge in [-0.15, -0.1) is 0 Å². The van der Waals surface area contributed by atoms with Crippen LogP contribution >= 0.6 is 23.5 Å². The molecule has 0 aliphatic carbocycles. The van der Waals surface area contributed by atoms with E-state index < -0.39 is 50.5 Å². The minimum atomic E-state index is -1.43. The third kappa shape index (κ3) is 10.4. The van der Waals surface area contributed by atoms with Gasteiger partial charge in [-0.1, -0.05) is 0 Å². The van der Waals surface area contributed by atoms with Gasteiger partial charge in [0.05, 0.1) is 4.75 Å². The van der Waals surface area contributed by atoms with Crippen molar-refractivity contribution in [2.24, 2.45) is 0 Å². The molecule has 2 heterocycles. The molecule has 16 heteroatoms. The van der Waals surface area contributed by atoms with E-state index in [0.29, 0.717) is 23.5 Å². The fourth-order valence-electron chi connectivity index (χ4n) is 2.61. The molecule has 0 aliphatic rings. The van der Waals surface area contributed by atoms with Gasteiger partial charge in [-0.2, -0.15) is 0 Å². The van der Waals surface area contributed by atoms with Gasteiger partial charge < -0.3 is 37.2 Å². The SMILES string of the molecule is Cc1oc(=O)oc1COC(=O)SC[C@H](NC(=O)C(C)(C)SC(=O)OCc1oc(=O)oc1C)C(=O)OC(C)(C)C. The highest BCUT2D eigenvalue weighted by Gasteiger charge is 2.37. The Morgan fingerprint density at radius 2 is 1.31 bits per heavy atom. The summed E-state index contributed by atoms with van der Waals surface area (Å²) in [6.07, 6.45) is 0. The molecule has 0 radical (unpaired) electrons. The number of aryl methyl sites for hydroxylation is 2. The van der Waals surface area contributed by atoms with Gasteiger partial charge in [0.25, 0.3) is 0 Å². The Hall–Kier alpha value is -3.40. The maximum absolute atomic E-state index is 13.0. The van der Waals surface area contributed by atoms with Crippen molar-refractivity contribution >= 4 is 46.0 Å². The summed E-state index contributed by atoms with van der Waals surface area (Å²) < 4.78 is 32.9. The summed E-state index contributed by atoms with van der Waals surface area (Å²) in [5.41, 5.74) is -0.893. The zero-order chi connectivity index (χ0) is 29.5. The molecule has 2 aromatic heterocycles. The Balaban J connectivity index is 1.99. The van der Waals surface area contributed by atoms with Crippen molar-refractivity contribution in [3.8, 4) is 0 Å². The van der Waals surface area contributed by atoms with Crippen molar-refractivity contribution in [1.29, 1.82) is 0 Å². The molecule has 0 saturated carbocycles. The van der Waals surface area contributed by atoms with Gasteiger partial charge >= 0.3 is 28.2 Å². The number of hydrogen-bond donors (Lipinski definition) is 1. The second-order valence-corrected chi connectivity index (χ2v) is 11.9. The third-order valence-corrected chi connectivity index (χ3v) is 6.40. The molecule has 2 aromatic rings. The molecule has 216 valence electrons. The first-order valence-electron chi connectivity index (χ1n) is 11.3. The zero-order valence-electron chi connectivity index (χ0n) is 22.3. The van der Waals surface area contributed by atoms with E-state index in [1.54, 1.807) is 20.8 Å². The number of thioether (sulfide) groups is 2. The smallest absolute Gasteiger partial charge is 0.458 e. The number of hydrogen-bond acceptors (Lipinski definition) is 15. The summed E-state index contributed by atoms with van der Waals surface area (Å²) in [5, 5.41) is 0.817. The highest BCUT2D eigenvalue weighted by Crippen LogP contribution is 2.28. The van der Waals surface area contributed by atoms with Gasteiger partial charge in [0.2, 0.25) is 5.91 Å². The standard InChI is InChI=1S/C23H29NO13S2/c1-11-14(35-18(27)33-11)8-31-20(29)38-10-13(16(25)37-22(3,4)5)24-17(26)23(6,7)39-21(30)32-9-15-12(2)34-19(28)36-15/h13H,8-10H2,1-7H3,(H,24,26)/t13-/m0/s1. The molecule has 2 rings (SSSR count). The molecule has 0 fully saturated rings. The maximum atomic E-state index is 13.0. The fourth-order valence-corrected chi connectivity index (χ4v) is 3.96. The van der Waals surface area contributed by atoms with E-state index in [1.165, 1.54) is 27.7 Å². The third-order valence-electron chi connectivity index (χ3n) is 4.56. The Kier molecular flexibility index (Phi) is 10.7. The first kappa shape index (κ1) is 31.8. The van der Waals surface area contributed by atoms with E-state index in [0.717, 1.165) is 0 Å². The molecular formula is C23H29NO13S2. The summed E-state index contributed by atoms with van der Waals surface area (Å²) in [6.45, 7) is 9.89. The largest absolute Gasteiger partial charge is 0.519 e. The predicted octanol–water partition coefficient (Wildman–Crippen LogP) is 3.44. The quantitative estimate of drug-likeness (QED) is 0.311. The molecule has 0 aliphatic heterocycles. The predicted molar refractivity (Wildman–Crippen MR) is 136 cm³/mol. The van der Waals surface area contributed by atoms with Crippen molar-refractivity contribution in [3.05, 3.63) is 44.3 Å². The number of esters is 1. The van der Waals surface area contributed by atoms with Crippen molar-refractivity contribution in [2.45, 2.75) is 78.1 Å². The van der Waals surface area contributed by atoms with Crippen LogP contribution in [0.2, 0.25) is 0 Å². The molecule has 0 unspecified atom stereocenters. The average molecular weight is 592 g/mol. The first-order valence-corrected chi connectivity index (χ1v) is 13.1. The summed E-state index contributed by atoms with van der Waals surface area (Å²) in [7, 11) is 0. The van der Waals surface area contributed by atoms with E-state index in [2.05, 4.69) is 14.2 Å². The lowest BCUT2D eigenvalue weighted by Crippen LogP contribution is -2.51. The number of carbonyl (C=O) groups is 4. The monoisotopic (exact) mass is 591 g/mol. The fraction of sp³-hybridized carbons (Fsp3) is 0.565. The van der Waals surface area contributed by atoms with Crippen LogP contribution in [0.4, 0.5) is 9.59 Å². The summed E-state index contributed by atoms with van der Waals surface area (Å²) in [5.74, 6) is -3.34. The average Bonchev–Trinajstić information content (AvgIpc) is 3.30. The Morgan fingerprint density at radius 1 is 0.821 bits per heavy atom. The van der Waals surface area contributed by atoms with Gasteiger partial charge in [0.15, 0.2) is 36.3 Å². The first-order chi connectivity index (χ1) is 18.0. The molecule has 0 aromatic carbocycles. The van der Waals surface area contributed by atoms with Gasteiger partial charge in [0.1, 0.15) is 11.6 Å². The van der Waals surface area contributed by atoms with Crippen LogP contribution in [0.25, 0.3) is 0 Å². The van der Waals surface area contributed by atoms with Crippen molar-refractivity contribution in [2.75, 3.05) is 5.75 Å². The Labute approximate surface area is 230 Å².